The van der Waals surface area contributed by atoms with E-state index in [0.717, 1.165) is 47.5 Å². The van der Waals surface area contributed by atoms with Gasteiger partial charge in [0, 0.05) is 37.6 Å². The van der Waals surface area contributed by atoms with Gasteiger partial charge in [-0.25, -0.2) is 9.50 Å². The molecule has 1 unspecified atom stereocenters. The molecule has 4 aromatic rings. The number of amides is 1. The lowest BCUT2D eigenvalue weighted by molar-refractivity contribution is -0.125. The number of anilines is 1. The number of piperidine rings is 1. The Kier molecular flexibility index (Phi) is 5.77. The van der Waals surface area contributed by atoms with Crippen molar-refractivity contribution in [3.8, 4) is 11.3 Å². The molecule has 1 N–H and O–H groups in total. The van der Waals surface area contributed by atoms with Crippen molar-refractivity contribution in [1.29, 1.82) is 0 Å². The second-order valence-corrected chi connectivity index (χ2v) is 8.49. The van der Waals surface area contributed by atoms with E-state index in [0.29, 0.717) is 18.1 Å². The van der Waals surface area contributed by atoms with Gasteiger partial charge in [0.2, 0.25) is 5.91 Å². The average molecular weight is 446 g/mol. The first-order valence-electron chi connectivity index (χ1n) is 10.8. The molecule has 0 radical (unpaired) electrons. The van der Waals surface area contributed by atoms with E-state index < -0.39 is 0 Å². The first-order chi connectivity index (χ1) is 15.7. The molecule has 0 spiro atoms. The largest absolute Gasteiger partial charge is 0.354 e. The molecule has 0 aliphatic carbocycles. The number of carbonyl (C=O) groups excluding carboxylic acids is 1. The van der Waals surface area contributed by atoms with Gasteiger partial charge in [0.05, 0.1) is 16.6 Å². The maximum atomic E-state index is 12.8. The van der Waals surface area contributed by atoms with Gasteiger partial charge in [-0.05, 0) is 30.5 Å². The van der Waals surface area contributed by atoms with E-state index in [1.165, 1.54) is 0 Å². The molecule has 6 nitrogen and oxygen atoms in total. The summed E-state index contributed by atoms with van der Waals surface area (Å²) in [6, 6.07) is 19.7. The van der Waals surface area contributed by atoms with Gasteiger partial charge in [-0.2, -0.15) is 5.10 Å². The van der Waals surface area contributed by atoms with Gasteiger partial charge in [-0.3, -0.25) is 4.79 Å². The van der Waals surface area contributed by atoms with Gasteiger partial charge in [0.15, 0.2) is 5.82 Å². The zero-order valence-electron chi connectivity index (χ0n) is 17.6. The first kappa shape index (κ1) is 20.5. The number of hydrogen-bond donors (Lipinski definition) is 1. The maximum Gasteiger partial charge on any atom is 0.225 e. The molecular weight excluding hydrogens is 422 g/mol. The summed E-state index contributed by atoms with van der Waals surface area (Å²) in [6.07, 6.45) is 5.42. The summed E-state index contributed by atoms with van der Waals surface area (Å²) in [5.74, 6) is 0.870. The van der Waals surface area contributed by atoms with Crippen molar-refractivity contribution < 1.29 is 4.79 Å². The van der Waals surface area contributed by atoms with Crippen molar-refractivity contribution in [2.75, 3.05) is 18.0 Å². The average Bonchev–Trinajstić information content (AvgIpc) is 3.28. The molecule has 32 heavy (non-hydrogen) atoms. The molecular formula is C25H24ClN5O. The number of benzene rings is 2. The second kappa shape index (κ2) is 9.01. The highest BCUT2D eigenvalue weighted by molar-refractivity contribution is 6.33. The molecule has 1 aliphatic heterocycles. The lowest BCUT2D eigenvalue weighted by Gasteiger charge is -2.33. The summed E-state index contributed by atoms with van der Waals surface area (Å²) in [5, 5.41) is 8.46. The molecule has 0 saturated carbocycles. The Bertz CT molecular complexity index is 1240. The van der Waals surface area contributed by atoms with Crippen LogP contribution in [0.25, 0.3) is 16.8 Å². The number of carbonyl (C=O) groups is 1. The molecule has 5 rings (SSSR count). The van der Waals surface area contributed by atoms with Gasteiger partial charge in [0.1, 0.15) is 5.52 Å². The fraction of sp³-hybridized carbons (Fsp3) is 0.240. The number of nitrogens with zero attached hydrogens (tertiary/aromatic N) is 4. The monoisotopic (exact) mass is 445 g/mol. The Morgan fingerprint density at radius 2 is 1.94 bits per heavy atom. The Morgan fingerprint density at radius 3 is 2.78 bits per heavy atom. The number of rotatable bonds is 5. The molecule has 3 heterocycles. The van der Waals surface area contributed by atoms with Crippen molar-refractivity contribution in [3.63, 3.8) is 0 Å². The molecule has 0 bridgehead atoms. The zero-order valence-corrected chi connectivity index (χ0v) is 18.4. The topological polar surface area (TPSA) is 62.5 Å². The summed E-state index contributed by atoms with van der Waals surface area (Å²) in [6.45, 7) is 2.05. The minimum Gasteiger partial charge on any atom is -0.354 e. The van der Waals surface area contributed by atoms with Crippen LogP contribution in [0.2, 0.25) is 5.02 Å². The first-order valence-corrected chi connectivity index (χ1v) is 11.2. The van der Waals surface area contributed by atoms with E-state index in [2.05, 4.69) is 15.2 Å². The number of fused-ring (bicyclic) bond motifs is 1. The van der Waals surface area contributed by atoms with Crippen molar-refractivity contribution in [3.05, 3.63) is 83.6 Å². The summed E-state index contributed by atoms with van der Waals surface area (Å²) in [4.78, 5) is 19.7. The van der Waals surface area contributed by atoms with Crippen molar-refractivity contribution >= 4 is 28.8 Å². The minimum atomic E-state index is -0.0690. The zero-order chi connectivity index (χ0) is 21.9. The van der Waals surface area contributed by atoms with Gasteiger partial charge < -0.3 is 10.2 Å². The summed E-state index contributed by atoms with van der Waals surface area (Å²) in [5.41, 5.74) is 3.71. The van der Waals surface area contributed by atoms with Gasteiger partial charge in [-0.15, -0.1) is 0 Å². The van der Waals surface area contributed by atoms with Crippen molar-refractivity contribution in [2.24, 2.45) is 5.92 Å². The van der Waals surface area contributed by atoms with Crippen molar-refractivity contribution in [1.82, 2.24) is 19.9 Å². The van der Waals surface area contributed by atoms with Crippen LogP contribution < -0.4 is 10.2 Å². The quantitative estimate of drug-likeness (QED) is 0.488. The predicted octanol–water partition coefficient (Wildman–Crippen LogP) is 4.58. The number of hydrogen-bond acceptors (Lipinski definition) is 4. The van der Waals surface area contributed by atoms with Crippen LogP contribution >= 0.6 is 11.6 Å². The highest BCUT2D eigenvalue weighted by Gasteiger charge is 2.27. The third-order valence-electron chi connectivity index (χ3n) is 5.92. The molecule has 1 fully saturated rings. The number of halogens is 1. The third-order valence-corrected chi connectivity index (χ3v) is 6.25. The summed E-state index contributed by atoms with van der Waals surface area (Å²) in [7, 11) is 0. The fourth-order valence-electron chi connectivity index (χ4n) is 4.27. The van der Waals surface area contributed by atoms with Crippen LogP contribution in [0.1, 0.15) is 18.4 Å². The second-order valence-electron chi connectivity index (χ2n) is 8.08. The standard InChI is InChI=1S/C25H24ClN5O/c26-21-11-5-4-10-20(21)22-15-23-24(27-12-14-31(23)29-22)30-13-6-9-19(17-30)25(32)28-16-18-7-2-1-3-8-18/h1-5,7-8,10-12,14-15,19H,6,9,13,16-17H2,(H,28,32). The fourth-order valence-corrected chi connectivity index (χ4v) is 4.50. The molecule has 162 valence electrons. The molecule has 1 atom stereocenters. The van der Waals surface area contributed by atoms with Crippen LogP contribution in [-0.4, -0.2) is 33.6 Å². The molecule has 2 aromatic carbocycles. The van der Waals surface area contributed by atoms with Gasteiger partial charge in [-0.1, -0.05) is 60.1 Å². The third kappa shape index (κ3) is 4.18. The van der Waals surface area contributed by atoms with E-state index in [1.54, 1.807) is 6.20 Å². The van der Waals surface area contributed by atoms with Crippen LogP contribution in [0.3, 0.4) is 0 Å². The number of nitrogens with one attached hydrogen (secondary N) is 1. The Hall–Kier alpha value is -3.38. The predicted molar refractivity (Wildman–Crippen MR) is 127 cm³/mol. The Morgan fingerprint density at radius 1 is 1.12 bits per heavy atom. The van der Waals surface area contributed by atoms with Crippen molar-refractivity contribution in [2.45, 2.75) is 19.4 Å². The summed E-state index contributed by atoms with van der Waals surface area (Å²) < 4.78 is 1.83. The van der Waals surface area contributed by atoms with E-state index >= 15 is 0 Å². The van der Waals surface area contributed by atoms with Crippen LogP contribution in [-0.2, 0) is 11.3 Å². The van der Waals surface area contributed by atoms with Crippen LogP contribution in [0.5, 0.6) is 0 Å². The van der Waals surface area contributed by atoms with Gasteiger partial charge >= 0.3 is 0 Å². The van der Waals surface area contributed by atoms with Gasteiger partial charge in [0.25, 0.3) is 0 Å². The highest BCUT2D eigenvalue weighted by atomic mass is 35.5. The van der Waals surface area contributed by atoms with E-state index in [1.807, 2.05) is 71.4 Å². The number of aromatic nitrogens is 3. The normalized spacial score (nSPS) is 16.3. The van der Waals surface area contributed by atoms with E-state index in [-0.39, 0.29) is 11.8 Å². The van der Waals surface area contributed by atoms with Crippen LogP contribution in [0, 0.1) is 5.92 Å². The molecule has 1 saturated heterocycles. The lowest BCUT2D eigenvalue weighted by Crippen LogP contribution is -2.43. The summed E-state index contributed by atoms with van der Waals surface area (Å²) >= 11 is 6.38. The Labute approximate surface area is 191 Å². The molecule has 1 aliphatic rings. The highest BCUT2D eigenvalue weighted by Crippen LogP contribution is 2.31. The molecule has 2 aromatic heterocycles. The van der Waals surface area contributed by atoms with Crippen LogP contribution in [0.4, 0.5) is 5.82 Å². The minimum absolute atomic E-state index is 0.0690. The molecule has 7 heteroatoms. The van der Waals surface area contributed by atoms with E-state index in [4.69, 9.17) is 16.7 Å². The lowest BCUT2D eigenvalue weighted by atomic mass is 9.97. The smallest absolute Gasteiger partial charge is 0.225 e. The SMILES string of the molecule is O=C(NCc1ccccc1)C1CCCN(c2nccn3nc(-c4ccccc4Cl)cc23)C1. The molecule has 1 amide bonds. The van der Waals surface area contributed by atoms with Crippen LogP contribution in [0.15, 0.2) is 73.1 Å². The Balaban J connectivity index is 1.35. The maximum absolute atomic E-state index is 12.8. The van der Waals surface area contributed by atoms with E-state index in [9.17, 15) is 4.79 Å².